The number of hydrogen-bond acceptors (Lipinski definition) is 2. The van der Waals surface area contributed by atoms with E-state index in [1.807, 2.05) is 18.2 Å². The summed E-state index contributed by atoms with van der Waals surface area (Å²) in [6.07, 6.45) is 0. The van der Waals surface area contributed by atoms with Crippen molar-refractivity contribution in [2.75, 3.05) is 0 Å². The quantitative estimate of drug-likeness (QED) is 0.220. The molecule has 1 aliphatic rings. The summed E-state index contributed by atoms with van der Waals surface area (Å²) in [4.78, 5) is 0. The van der Waals surface area contributed by atoms with Crippen molar-refractivity contribution >= 4 is 54.6 Å². The van der Waals surface area contributed by atoms with Gasteiger partial charge < -0.3 is 8.83 Å². The summed E-state index contributed by atoms with van der Waals surface area (Å²) in [7, 11) is 0. The van der Waals surface area contributed by atoms with Crippen molar-refractivity contribution in [3.8, 4) is 44.5 Å². The first-order chi connectivity index (χ1) is 20.8. The maximum atomic E-state index is 6.31. The van der Waals surface area contributed by atoms with E-state index < -0.39 is 0 Å². The molecule has 0 atom stereocenters. The van der Waals surface area contributed by atoms with Gasteiger partial charge in [0.25, 0.3) is 0 Å². The average Bonchev–Trinajstić information content (AvgIpc) is 3.71. The first-order valence-electron chi connectivity index (χ1n) is 14.3. The smallest absolute Gasteiger partial charge is 0.136 e. The second kappa shape index (κ2) is 7.99. The molecular weight excluding hydrogens is 512 g/mol. The summed E-state index contributed by atoms with van der Waals surface area (Å²) in [5.41, 5.74) is 13.6. The topological polar surface area (TPSA) is 26.3 Å². The second-order valence-electron chi connectivity index (χ2n) is 11.3. The van der Waals surface area contributed by atoms with E-state index in [-0.39, 0.29) is 0 Å². The van der Waals surface area contributed by atoms with Crippen molar-refractivity contribution in [2.45, 2.75) is 0 Å². The summed E-state index contributed by atoms with van der Waals surface area (Å²) in [6, 6.07) is 47.8. The van der Waals surface area contributed by atoms with Crippen molar-refractivity contribution in [3.63, 3.8) is 0 Å². The van der Waals surface area contributed by atoms with Gasteiger partial charge in [0.2, 0.25) is 0 Å². The van der Waals surface area contributed by atoms with E-state index in [9.17, 15) is 0 Å². The minimum absolute atomic E-state index is 0.895. The van der Waals surface area contributed by atoms with Crippen LogP contribution in [0, 0.1) is 0 Å². The first kappa shape index (κ1) is 22.1. The van der Waals surface area contributed by atoms with Gasteiger partial charge in [-0.05, 0) is 97.7 Å². The van der Waals surface area contributed by atoms with E-state index in [2.05, 4.69) is 115 Å². The Labute approximate surface area is 241 Å². The Bertz CT molecular complexity index is 2570. The second-order valence-corrected chi connectivity index (χ2v) is 11.3. The molecule has 0 saturated heterocycles. The number of hydrogen-bond donors (Lipinski definition) is 0. The minimum Gasteiger partial charge on any atom is -0.456 e. The van der Waals surface area contributed by atoms with Gasteiger partial charge in [-0.3, -0.25) is 0 Å². The zero-order valence-corrected chi connectivity index (χ0v) is 22.5. The van der Waals surface area contributed by atoms with E-state index in [1.54, 1.807) is 0 Å². The lowest BCUT2D eigenvalue weighted by atomic mass is 9.95. The monoisotopic (exact) mass is 534 g/mol. The van der Waals surface area contributed by atoms with Crippen LogP contribution < -0.4 is 0 Å². The molecule has 194 valence electrons. The molecule has 0 saturated carbocycles. The maximum Gasteiger partial charge on any atom is 0.136 e. The molecule has 2 nitrogen and oxygen atoms in total. The van der Waals surface area contributed by atoms with E-state index in [4.69, 9.17) is 8.83 Å². The molecule has 0 bridgehead atoms. The highest BCUT2D eigenvalue weighted by Gasteiger charge is 2.21. The Hall–Kier alpha value is -5.60. The van der Waals surface area contributed by atoms with Gasteiger partial charge in [0.15, 0.2) is 0 Å². The molecule has 0 fully saturated rings. The Balaban J connectivity index is 1.15. The predicted octanol–water partition coefficient (Wildman–Crippen LogP) is 11.6. The highest BCUT2D eigenvalue weighted by molar-refractivity contribution is 6.16. The minimum atomic E-state index is 0.895. The van der Waals surface area contributed by atoms with Gasteiger partial charge in [0.05, 0.1) is 0 Å². The molecule has 9 aromatic rings. The predicted molar refractivity (Wildman–Crippen MR) is 174 cm³/mol. The molecule has 0 aliphatic heterocycles. The van der Waals surface area contributed by atoms with Gasteiger partial charge in [-0.2, -0.15) is 0 Å². The molecule has 0 spiro atoms. The van der Waals surface area contributed by atoms with Gasteiger partial charge in [-0.15, -0.1) is 0 Å². The van der Waals surface area contributed by atoms with Crippen molar-refractivity contribution in [1.29, 1.82) is 0 Å². The third-order valence-electron chi connectivity index (χ3n) is 9.02. The summed E-state index contributed by atoms with van der Waals surface area (Å²) in [6.45, 7) is 0. The van der Waals surface area contributed by atoms with Crippen LogP contribution in [0.4, 0.5) is 0 Å². The van der Waals surface area contributed by atoms with Crippen LogP contribution in [0.15, 0.2) is 142 Å². The third kappa shape index (κ3) is 2.93. The van der Waals surface area contributed by atoms with Crippen LogP contribution in [0.5, 0.6) is 0 Å². The fourth-order valence-electron chi connectivity index (χ4n) is 7.11. The number of furan rings is 2. The van der Waals surface area contributed by atoms with Crippen molar-refractivity contribution in [2.24, 2.45) is 0 Å². The Morgan fingerprint density at radius 1 is 0.310 bits per heavy atom. The largest absolute Gasteiger partial charge is 0.456 e. The highest BCUT2D eigenvalue weighted by Crippen LogP contribution is 2.48. The number of para-hydroxylation sites is 1. The van der Waals surface area contributed by atoms with E-state index in [0.717, 1.165) is 55.0 Å². The first-order valence-corrected chi connectivity index (χ1v) is 14.3. The molecule has 0 radical (unpaired) electrons. The fourth-order valence-corrected chi connectivity index (χ4v) is 7.11. The van der Waals surface area contributed by atoms with Crippen molar-refractivity contribution in [3.05, 3.63) is 133 Å². The molecule has 2 heterocycles. The lowest BCUT2D eigenvalue weighted by Crippen LogP contribution is -1.82. The van der Waals surface area contributed by atoms with Crippen LogP contribution in [0.25, 0.3) is 99.2 Å². The lowest BCUT2D eigenvalue weighted by Gasteiger charge is -2.07. The molecule has 7 aromatic carbocycles. The van der Waals surface area contributed by atoms with Crippen molar-refractivity contribution in [1.82, 2.24) is 0 Å². The molecule has 0 N–H and O–H groups in total. The van der Waals surface area contributed by atoms with Crippen LogP contribution in [0.1, 0.15) is 0 Å². The van der Waals surface area contributed by atoms with Crippen LogP contribution in [0.3, 0.4) is 0 Å². The zero-order valence-electron chi connectivity index (χ0n) is 22.5. The molecule has 10 rings (SSSR count). The number of rotatable bonds is 2. The normalized spacial score (nSPS) is 12.3. The molecule has 1 aliphatic carbocycles. The molecule has 2 heteroatoms. The standard InChI is InChI=1S/C40H22O2/c1-2-12-35-31(8-1)40-27(9-5-13-38(40)42-35)26-16-19-37-34(22-26)33-21-25(15-18-36(33)41-37)24-14-17-28-29-10-3-6-23-7-4-11-30(39(23)29)32(28)20-24/h1-22H. The summed E-state index contributed by atoms with van der Waals surface area (Å²) in [5, 5.41) is 7.18. The maximum absolute atomic E-state index is 6.31. The highest BCUT2D eigenvalue weighted by atomic mass is 16.3. The summed E-state index contributed by atoms with van der Waals surface area (Å²) >= 11 is 0. The van der Waals surface area contributed by atoms with E-state index in [0.29, 0.717) is 0 Å². The van der Waals surface area contributed by atoms with Crippen LogP contribution in [-0.2, 0) is 0 Å². The van der Waals surface area contributed by atoms with Gasteiger partial charge in [0.1, 0.15) is 22.3 Å². The molecule has 0 amide bonds. The molecular formula is C40H22O2. The SMILES string of the molecule is c1cc2c3c(cccc3c1)-c1cc(-c3ccc4oc5ccc(-c6cccc7oc8ccccc8c67)cc5c4c3)ccc1-2. The van der Waals surface area contributed by atoms with Crippen LogP contribution in [-0.4, -0.2) is 0 Å². The number of benzene rings is 7. The molecule has 0 unspecified atom stereocenters. The Kier molecular flexibility index (Phi) is 4.21. The molecule has 42 heavy (non-hydrogen) atoms. The third-order valence-corrected chi connectivity index (χ3v) is 9.02. The van der Waals surface area contributed by atoms with Crippen LogP contribution >= 0.6 is 0 Å². The average molecular weight is 535 g/mol. The van der Waals surface area contributed by atoms with Gasteiger partial charge in [-0.25, -0.2) is 0 Å². The van der Waals surface area contributed by atoms with Gasteiger partial charge in [0, 0.05) is 21.5 Å². The van der Waals surface area contributed by atoms with Gasteiger partial charge in [-0.1, -0.05) is 91.0 Å². The Morgan fingerprint density at radius 2 is 0.905 bits per heavy atom. The van der Waals surface area contributed by atoms with Gasteiger partial charge >= 0.3 is 0 Å². The van der Waals surface area contributed by atoms with Crippen LogP contribution in [0.2, 0.25) is 0 Å². The number of fused-ring (bicyclic) bond motifs is 9. The molecule has 2 aromatic heterocycles. The lowest BCUT2D eigenvalue weighted by molar-refractivity contribution is 0.669. The summed E-state index contributed by atoms with van der Waals surface area (Å²) in [5.74, 6) is 0. The van der Waals surface area contributed by atoms with E-state index in [1.165, 1.54) is 44.2 Å². The zero-order chi connectivity index (χ0) is 27.4. The Morgan fingerprint density at radius 3 is 1.76 bits per heavy atom. The van der Waals surface area contributed by atoms with E-state index >= 15 is 0 Å². The van der Waals surface area contributed by atoms with Crippen molar-refractivity contribution < 1.29 is 8.83 Å². The fraction of sp³-hybridized carbons (Fsp3) is 0. The summed E-state index contributed by atoms with van der Waals surface area (Å²) < 4.78 is 12.5.